The van der Waals surface area contributed by atoms with Gasteiger partial charge in [0, 0.05) is 12.3 Å². The van der Waals surface area contributed by atoms with Crippen molar-refractivity contribution >= 4 is 10.9 Å². The fraction of sp³-hybridized carbons (Fsp3) is 0.200. The molecule has 0 saturated carbocycles. The summed E-state index contributed by atoms with van der Waals surface area (Å²) in [6, 6.07) is 2.88. The average Bonchev–Trinajstić information content (AvgIpc) is 2.27. The third-order valence-electron chi connectivity index (χ3n) is 1.99. The van der Waals surface area contributed by atoms with Crippen LogP contribution in [0.4, 0.5) is 0 Å². The van der Waals surface area contributed by atoms with Gasteiger partial charge in [0.15, 0.2) is 5.75 Å². The van der Waals surface area contributed by atoms with Crippen molar-refractivity contribution in [3.05, 3.63) is 28.7 Å². The van der Waals surface area contributed by atoms with E-state index >= 15 is 0 Å². The first kappa shape index (κ1) is 6.44. The SMILES string of the molecule is [2H]C([2H])([2H])Oc1cc2c(=O)[nH]ccc2nc1OC. The number of fused-ring (bicyclic) bond motifs is 1. The van der Waals surface area contributed by atoms with E-state index in [1.54, 1.807) is 6.07 Å². The van der Waals surface area contributed by atoms with Crippen molar-refractivity contribution in [2.24, 2.45) is 0 Å². The summed E-state index contributed by atoms with van der Waals surface area (Å²) in [5.74, 6) is -0.0778. The molecule has 2 aromatic heterocycles. The lowest BCUT2D eigenvalue weighted by Crippen LogP contribution is -2.06. The molecule has 78 valence electrons. The number of aromatic nitrogens is 2. The summed E-state index contributed by atoms with van der Waals surface area (Å²) < 4.78 is 30.8. The van der Waals surface area contributed by atoms with E-state index in [-0.39, 0.29) is 22.6 Å². The molecule has 0 unspecified atom stereocenters. The molecule has 0 radical (unpaired) electrons. The highest BCUT2D eigenvalue weighted by atomic mass is 16.5. The summed E-state index contributed by atoms with van der Waals surface area (Å²) in [6.45, 7) is 0. The molecule has 0 aliphatic carbocycles. The predicted octanol–water partition coefficient (Wildman–Crippen LogP) is 0.940. The molecule has 0 saturated heterocycles. The first-order valence-electron chi connectivity index (χ1n) is 5.66. The van der Waals surface area contributed by atoms with E-state index in [0.717, 1.165) is 0 Å². The third kappa shape index (κ3) is 1.52. The zero-order chi connectivity index (χ0) is 13.3. The highest BCUT2D eigenvalue weighted by Gasteiger charge is 2.08. The van der Waals surface area contributed by atoms with Crippen molar-refractivity contribution in [3.8, 4) is 11.6 Å². The van der Waals surface area contributed by atoms with Crippen molar-refractivity contribution in [2.45, 2.75) is 0 Å². The monoisotopic (exact) mass is 209 g/mol. The van der Waals surface area contributed by atoms with Gasteiger partial charge in [-0.3, -0.25) is 4.79 Å². The van der Waals surface area contributed by atoms with Crippen LogP contribution in [0.2, 0.25) is 0 Å². The molecule has 0 aliphatic rings. The number of hydrogen-bond donors (Lipinski definition) is 1. The lowest BCUT2D eigenvalue weighted by molar-refractivity contribution is 0.344. The van der Waals surface area contributed by atoms with Gasteiger partial charge >= 0.3 is 0 Å². The molecule has 5 nitrogen and oxygen atoms in total. The summed E-state index contributed by atoms with van der Waals surface area (Å²) >= 11 is 0. The first-order chi connectivity index (χ1) is 8.40. The maximum atomic E-state index is 11.6. The zero-order valence-electron chi connectivity index (χ0n) is 10.9. The molecule has 1 N–H and O–H groups in total. The summed E-state index contributed by atoms with van der Waals surface area (Å²) in [6.07, 6.45) is 1.45. The van der Waals surface area contributed by atoms with E-state index in [1.807, 2.05) is 0 Å². The second kappa shape index (κ2) is 3.61. The molecular weight excluding hydrogens is 196 g/mol. The number of ether oxygens (including phenoxy) is 2. The fourth-order valence-corrected chi connectivity index (χ4v) is 1.29. The van der Waals surface area contributed by atoms with Crippen LogP contribution in [0.15, 0.2) is 23.1 Å². The van der Waals surface area contributed by atoms with Crippen LogP contribution in [0.5, 0.6) is 11.6 Å². The Morgan fingerprint density at radius 1 is 1.53 bits per heavy atom. The molecule has 2 aromatic rings. The van der Waals surface area contributed by atoms with E-state index in [2.05, 4.69) is 9.97 Å². The Labute approximate surface area is 89.9 Å². The molecule has 0 aromatic carbocycles. The Bertz CT molecular complexity index is 636. The Morgan fingerprint density at radius 2 is 2.40 bits per heavy atom. The van der Waals surface area contributed by atoms with Gasteiger partial charge < -0.3 is 14.5 Å². The van der Waals surface area contributed by atoms with Crippen molar-refractivity contribution in [1.29, 1.82) is 0 Å². The third-order valence-corrected chi connectivity index (χ3v) is 1.99. The van der Waals surface area contributed by atoms with Crippen LogP contribution in [0.1, 0.15) is 4.11 Å². The normalized spacial score (nSPS) is 14.1. The van der Waals surface area contributed by atoms with Gasteiger partial charge in [-0.1, -0.05) is 0 Å². The van der Waals surface area contributed by atoms with Gasteiger partial charge in [-0.2, -0.15) is 0 Å². The van der Waals surface area contributed by atoms with Crippen LogP contribution in [0.25, 0.3) is 10.9 Å². The Hall–Kier alpha value is -2.04. The molecular formula is C10H10N2O3. The minimum absolute atomic E-state index is 0.0178. The van der Waals surface area contributed by atoms with Crippen LogP contribution in [0.3, 0.4) is 0 Å². The van der Waals surface area contributed by atoms with E-state index in [4.69, 9.17) is 13.6 Å². The van der Waals surface area contributed by atoms with Crippen molar-refractivity contribution in [2.75, 3.05) is 14.1 Å². The number of nitrogens with one attached hydrogen (secondary N) is 1. The number of hydrogen-bond acceptors (Lipinski definition) is 4. The van der Waals surface area contributed by atoms with Crippen molar-refractivity contribution in [3.63, 3.8) is 0 Å². The van der Waals surface area contributed by atoms with E-state index in [0.29, 0.717) is 5.52 Å². The van der Waals surface area contributed by atoms with Gasteiger partial charge in [0.05, 0.1) is 29.2 Å². The standard InChI is InChI=1S/C10H10N2O3/c1-14-8-5-6-7(12-10(8)15-2)3-4-11-9(6)13/h3-5H,1-2H3,(H,11,13)/i1D3. The molecule has 0 fully saturated rings. The maximum Gasteiger partial charge on any atom is 0.257 e. The predicted molar refractivity (Wildman–Crippen MR) is 55.5 cm³/mol. The van der Waals surface area contributed by atoms with E-state index < -0.39 is 7.04 Å². The van der Waals surface area contributed by atoms with Crippen LogP contribution in [0, 0.1) is 0 Å². The van der Waals surface area contributed by atoms with E-state index in [9.17, 15) is 4.79 Å². The lowest BCUT2D eigenvalue weighted by atomic mass is 10.2. The van der Waals surface area contributed by atoms with Gasteiger partial charge in [0.2, 0.25) is 0 Å². The van der Waals surface area contributed by atoms with Crippen molar-refractivity contribution in [1.82, 2.24) is 9.97 Å². The quantitative estimate of drug-likeness (QED) is 0.799. The van der Waals surface area contributed by atoms with Gasteiger partial charge in [0.1, 0.15) is 0 Å². The van der Waals surface area contributed by atoms with Gasteiger partial charge in [0.25, 0.3) is 11.4 Å². The molecule has 15 heavy (non-hydrogen) atoms. The number of rotatable bonds is 2. The molecule has 0 aliphatic heterocycles. The number of nitrogens with zero attached hydrogens (tertiary/aromatic N) is 1. The highest BCUT2D eigenvalue weighted by Crippen LogP contribution is 2.26. The van der Waals surface area contributed by atoms with Crippen molar-refractivity contribution < 1.29 is 13.6 Å². The van der Waals surface area contributed by atoms with Gasteiger partial charge in [-0.25, -0.2) is 4.98 Å². The largest absolute Gasteiger partial charge is 0.491 e. The van der Waals surface area contributed by atoms with Gasteiger partial charge in [-0.15, -0.1) is 0 Å². The van der Waals surface area contributed by atoms with E-state index in [1.165, 1.54) is 19.4 Å². The maximum absolute atomic E-state index is 11.6. The Balaban J connectivity index is 2.64. The van der Waals surface area contributed by atoms with Crippen LogP contribution < -0.4 is 15.0 Å². The smallest absolute Gasteiger partial charge is 0.257 e. The molecule has 0 spiro atoms. The lowest BCUT2D eigenvalue weighted by Gasteiger charge is -2.06. The van der Waals surface area contributed by atoms with Crippen LogP contribution in [-0.2, 0) is 0 Å². The molecule has 2 heterocycles. The minimum atomic E-state index is -2.63. The molecule has 0 bridgehead atoms. The second-order valence-corrected chi connectivity index (χ2v) is 2.84. The Morgan fingerprint density at radius 3 is 3.13 bits per heavy atom. The number of methoxy groups -OCH3 is 2. The number of aromatic amines is 1. The molecule has 2 rings (SSSR count). The highest BCUT2D eigenvalue weighted by molar-refractivity contribution is 5.79. The van der Waals surface area contributed by atoms with Crippen LogP contribution >= 0.6 is 0 Å². The van der Waals surface area contributed by atoms with Gasteiger partial charge in [-0.05, 0) is 6.07 Å². The second-order valence-electron chi connectivity index (χ2n) is 2.84. The summed E-state index contributed by atoms with van der Waals surface area (Å²) in [4.78, 5) is 18.1. The number of H-pyrrole nitrogens is 1. The summed E-state index contributed by atoms with van der Waals surface area (Å²) in [5.41, 5.74) is 0.0199. The number of pyridine rings is 2. The average molecular weight is 209 g/mol. The fourth-order valence-electron chi connectivity index (χ4n) is 1.29. The van der Waals surface area contributed by atoms with Crippen LogP contribution in [-0.4, -0.2) is 24.1 Å². The Kier molecular flexibility index (Phi) is 1.55. The zero-order valence-corrected chi connectivity index (χ0v) is 7.90. The molecule has 0 atom stereocenters. The minimum Gasteiger partial charge on any atom is -0.491 e. The summed E-state index contributed by atoms with van der Waals surface area (Å²) in [7, 11) is -1.29. The topological polar surface area (TPSA) is 64.2 Å². The molecule has 0 amide bonds. The summed E-state index contributed by atoms with van der Waals surface area (Å²) in [5, 5.41) is 0.234. The first-order valence-corrected chi connectivity index (χ1v) is 4.16. The molecule has 5 heteroatoms.